The van der Waals surface area contributed by atoms with Gasteiger partial charge in [-0.05, 0) is 44.1 Å². The molecule has 90 valence electrons. The first-order chi connectivity index (χ1) is 7.18. The molecule has 0 unspecified atom stereocenters. The van der Waals surface area contributed by atoms with E-state index >= 15 is 0 Å². The Bertz CT molecular complexity index is 156. The number of rotatable bonds is 6. The molecule has 1 N–H and O–H groups in total. The molecule has 0 radical (unpaired) electrons. The van der Waals surface area contributed by atoms with Crippen molar-refractivity contribution in [2.75, 3.05) is 39.0 Å². The molecule has 15 heavy (non-hydrogen) atoms. The van der Waals surface area contributed by atoms with E-state index < -0.39 is 0 Å². The summed E-state index contributed by atoms with van der Waals surface area (Å²) in [4.78, 5) is 2.49. The highest BCUT2D eigenvalue weighted by Gasteiger charge is 2.14. The summed E-state index contributed by atoms with van der Waals surface area (Å²) in [6.07, 6.45) is 2.77. The number of hydrogen-bond acceptors (Lipinski definition) is 3. The van der Waals surface area contributed by atoms with Crippen LogP contribution in [-0.4, -0.2) is 49.1 Å². The molecule has 0 bridgehead atoms. The first-order valence-electron chi connectivity index (χ1n) is 6.19. The lowest BCUT2D eigenvalue weighted by atomic mass is 9.99. The third-order valence-corrected chi connectivity index (χ3v) is 3.98. The van der Waals surface area contributed by atoms with Crippen molar-refractivity contribution in [2.24, 2.45) is 5.92 Å². The second-order valence-corrected chi connectivity index (χ2v) is 6.58. The van der Waals surface area contributed by atoms with Crippen LogP contribution in [0.1, 0.15) is 26.7 Å². The van der Waals surface area contributed by atoms with Crippen LogP contribution in [-0.2, 0) is 0 Å². The minimum absolute atomic E-state index is 0.773. The highest BCUT2D eigenvalue weighted by Crippen LogP contribution is 2.12. The zero-order valence-corrected chi connectivity index (χ0v) is 11.3. The molecule has 1 rings (SSSR count). The lowest BCUT2D eigenvalue weighted by Crippen LogP contribution is -2.37. The zero-order chi connectivity index (χ0) is 11.1. The van der Waals surface area contributed by atoms with Gasteiger partial charge in [-0.3, -0.25) is 0 Å². The summed E-state index contributed by atoms with van der Waals surface area (Å²) in [6.45, 7) is 9.50. The molecule has 0 aromatic rings. The van der Waals surface area contributed by atoms with Crippen molar-refractivity contribution < 1.29 is 0 Å². The lowest BCUT2D eigenvalue weighted by Gasteiger charge is -2.27. The van der Waals surface area contributed by atoms with E-state index in [0.29, 0.717) is 0 Å². The van der Waals surface area contributed by atoms with Gasteiger partial charge in [-0.2, -0.15) is 11.8 Å². The second kappa shape index (κ2) is 7.53. The van der Waals surface area contributed by atoms with Crippen molar-refractivity contribution in [3.8, 4) is 0 Å². The number of hydrogen-bond donors (Lipinski definition) is 1. The quantitative estimate of drug-likeness (QED) is 0.752. The van der Waals surface area contributed by atoms with Crippen LogP contribution in [0.4, 0.5) is 0 Å². The third-order valence-electron chi connectivity index (χ3n) is 2.89. The van der Waals surface area contributed by atoms with Gasteiger partial charge < -0.3 is 10.2 Å². The number of thioether (sulfide) groups is 1. The minimum Gasteiger partial charge on any atom is -0.316 e. The van der Waals surface area contributed by atoms with E-state index in [1.807, 2.05) is 0 Å². The van der Waals surface area contributed by atoms with Gasteiger partial charge in [-0.15, -0.1) is 0 Å². The summed E-state index contributed by atoms with van der Waals surface area (Å²) >= 11 is 2.06. The SMILES string of the molecule is CC(C)SCCN(C)C[C@@H]1CCCNC1. The fraction of sp³-hybridized carbons (Fsp3) is 1.00. The highest BCUT2D eigenvalue weighted by atomic mass is 32.2. The Morgan fingerprint density at radius 3 is 2.87 bits per heavy atom. The van der Waals surface area contributed by atoms with Crippen molar-refractivity contribution in [1.82, 2.24) is 10.2 Å². The maximum atomic E-state index is 3.48. The molecule has 0 aliphatic carbocycles. The Hall–Kier alpha value is 0.270. The fourth-order valence-corrected chi connectivity index (χ4v) is 2.94. The molecule has 0 aromatic carbocycles. The molecule has 1 saturated heterocycles. The average Bonchev–Trinajstić information content (AvgIpc) is 2.18. The van der Waals surface area contributed by atoms with Crippen molar-refractivity contribution in [3.63, 3.8) is 0 Å². The van der Waals surface area contributed by atoms with Crippen LogP contribution in [0.5, 0.6) is 0 Å². The van der Waals surface area contributed by atoms with E-state index in [1.165, 1.54) is 44.8 Å². The predicted octanol–water partition coefficient (Wildman–Crippen LogP) is 2.06. The summed E-state index contributed by atoms with van der Waals surface area (Å²) in [5.74, 6) is 2.15. The van der Waals surface area contributed by atoms with Gasteiger partial charge >= 0.3 is 0 Å². The largest absolute Gasteiger partial charge is 0.316 e. The first kappa shape index (κ1) is 13.3. The van der Waals surface area contributed by atoms with E-state index in [4.69, 9.17) is 0 Å². The summed E-state index contributed by atoms with van der Waals surface area (Å²) in [7, 11) is 2.26. The Labute approximate surface area is 99.2 Å². The van der Waals surface area contributed by atoms with Gasteiger partial charge in [0.1, 0.15) is 0 Å². The first-order valence-corrected chi connectivity index (χ1v) is 7.24. The van der Waals surface area contributed by atoms with Crippen molar-refractivity contribution in [3.05, 3.63) is 0 Å². The summed E-state index contributed by atoms with van der Waals surface area (Å²) in [5, 5.41) is 4.26. The molecule has 0 amide bonds. The minimum atomic E-state index is 0.773. The normalized spacial score (nSPS) is 22.6. The van der Waals surface area contributed by atoms with Crippen molar-refractivity contribution >= 4 is 11.8 Å². The summed E-state index contributed by atoms with van der Waals surface area (Å²) in [6, 6.07) is 0. The van der Waals surface area contributed by atoms with Gasteiger partial charge in [-0.25, -0.2) is 0 Å². The summed E-state index contributed by atoms with van der Waals surface area (Å²) in [5.41, 5.74) is 0. The van der Waals surface area contributed by atoms with E-state index in [0.717, 1.165) is 11.2 Å². The fourth-order valence-electron chi connectivity index (χ4n) is 2.06. The van der Waals surface area contributed by atoms with Crippen LogP contribution >= 0.6 is 11.8 Å². The Morgan fingerprint density at radius 2 is 2.27 bits per heavy atom. The van der Waals surface area contributed by atoms with Gasteiger partial charge in [-0.1, -0.05) is 13.8 Å². The van der Waals surface area contributed by atoms with E-state index in [-0.39, 0.29) is 0 Å². The Balaban J connectivity index is 2.03. The molecule has 1 atom stereocenters. The molecule has 1 aliphatic rings. The van der Waals surface area contributed by atoms with Gasteiger partial charge in [0, 0.05) is 18.8 Å². The Morgan fingerprint density at radius 1 is 1.47 bits per heavy atom. The maximum Gasteiger partial charge on any atom is 0.00695 e. The van der Waals surface area contributed by atoms with Gasteiger partial charge in [0.25, 0.3) is 0 Å². The van der Waals surface area contributed by atoms with Gasteiger partial charge in [0.15, 0.2) is 0 Å². The van der Waals surface area contributed by atoms with Gasteiger partial charge in [0.05, 0.1) is 0 Å². The van der Waals surface area contributed by atoms with E-state index in [2.05, 4.69) is 42.9 Å². The molecule has 0 aromatic heterocycles. The molecule has 1 fully saturated rings. The smallest absolute Gasteiger partial charge is 0.00695 e. The maximum absolute atomic E-state index is 3.48. The molecule has 3 heteroatoms. The Kier molecular flexibility index (Phi) is 6.69. The van der Waals surface area contributed by atoms with Crippen LogP contribution in [0, 0.1) is 5.92 Å². The molecule has 2 nitrogen and oxygen atoms in total. The summed E-state index contributed by atoms with van der Waals surface area (Å²) < 4.78 is 0. The van der Waals surface area contributed by atoms with E-state index in [9.17, 15) is 0 Å². The monoisotopic (exact) mass is 230 g/mol. The van der Waals surface area contributed by atoms with Crippen LogP contribution < -0.4 is 5.32 Å². The zero-order valence-electron chi connectivity index (χ0n) is 10.5. The molecule has 1 heterocycles. The lowest BCUT2D eigenvalue weighted by molar-refractivity contribution is 0.253. The highest BCUT2D eigenvalue weighted by molar-refractivity contribution is 7.99. The third kappa shape index (κ3) is 6.44. The van der Waals surface area contributed by atoms with Crippen molar-refractivity contribution in [1.29, 1.82) is 0 Å². The number of piperidine rings is 1. The molecular weight excluding hydrogens is 204 g/mol. The molecule has 1 aliphatic heterocycles. The van der Waals surface area contributed by atoms with Crippen LogP contribution in [0.3, 0.4) is 0 Å². The molecular formula is C12H26N2S. The average molecular weight is 230 g/mol. The number of nitrogens with zero attached hydrogens (tertiary/aromatic N) is 1. The van der Waals surface area contributed by atoms with Crippen molar-refractivity contribution in [2.45, 2.75) is 31.9 Å². The van der Waals surface area contributed by atoms with Crippen LogP contribution in [0.15, 0.2) is 0 Å². The molecule has 0 spiro atoms. The van der Waals surface area contributed by atoms with Crippen LogP contribution in [0.25, 0.3) is 0 Å². The molecule has 0 saturated carbocycles. The predicted molar refractivity (Wildman–Crippen MR) is 70.7 cm³/mol. The van der Waals surface area contributed by atoms with Crippen LogP contribution in [0.2, 0.25) is 0 Å². The topological polar surface area (TPSA) is 15.3 Å². The standard InChI is InChI=1S/C12H26N2S/c1-11(2)15-8-7-14(3)10-12-5-4-6-13-9-12/h11-13H,4-10H2,1-3H3/t12-/m1/s1. The van der Waals surface area contributed by atoms with E-state index in [1.54, 1.807) is 0 Å². The number of nitrogens with one attached hydrogen (secondary N) is 1. The second-order valence-electron chi connectivity index (χ2n) is 4.89. The van der Waals surface area contributed by atoms with Gasteiger partial charge in [0.2, 0.25) is 0 Å².